The van der Waals surface area contributed by atoms with Gasteiger partial charge in [0.15, 0.2) is 0 Å². The van der Waals surface area contributed by atoms with Crippen LogP contribution < -0.4 is 5.32 Å². The van der Waals surface area contributed by atoms with Crippen LogP contribution in [-0.4, -0.2) is 32.0 Å². The monoisotopic (exact) mass is 286 g/mol. The van der Waals surface area contributed by atoms with Gasteiger partial charge in [0, 0.05) is 0 Å². The normalized spacial score (nSPS) is 15.9. The van der Waals surface area contributed by atoms with E-state index in [9.17, 15) is 9.59 Å². The number of nitrogens with one attached hydrogen (secondary N) is 1. The van der Waals surface area contributed by atoms with Crippen LogP contribution in [-0.2, 0) is 29.1 Å². The van der Waals surface area contributed by atoms with E-state index in [4.69, 9.17) is 5.11 Å². The number of benzene rings is 1. The molecule has 1 aliphatic carbocycles. The molecule has 2 aromatic rings. The number of carboxylic acid groups (broad SMARTS) is 1. The number of carbonyl (C=O) groups excluding carboxylic acids is 1. The summed E-state index contributed by atoms with van der Waals surface area (Å²) in [6.45, 7) is 0.00800. The van der Waals surface area contributed by atoms with Crippen molar-refractivity contribution in [3.8, 4) is 0 Å². The lowest BCUT2D eigenvalue weighted by molar-refractivity contribution is -0.138. The van der Waals surface area contributed by atoms with E-state index in [1.807, 2.05) is 24.3 Å². The number of hydrogen-bond donors (Lipinski definition) is 2. The van der Waals surface area contributed by atoms with E-state index in [1.54, 1.807) is 0 Å². The summed E-state index contributed by atoms with van der Waals surface area (Å²) in [5.74, 6) is -1.13. The van der Waals surface area contributed by atoms with Crippen molar-refractivity contribution in [1.29, 1.82) is 0 Å². The van der Waals surface area contributed by atoms with Gasteiger partial charge in [0.25, 0.3) is 0 Å². The van der Waals surface area contributed by atoms with Crippen LogP contribution in [0.2, 0.25) is 0 Å². The number of carbonyl (C=O) groups is 2. The predicted molar refractivity (Wildman–Crippen MR) is 72.4 cm³/mol. The van der Waals surface area contributed by atoms with Crippen LogP contribution in [0, 0.1) is 0 Å². The molecule has 1 atom stereocenters. The SMILES string of the molecule is O=C(O)Cn1cc(CNC(=O)C2Cc3ccccc32)nn1. The molecule has 0 saturated carbocycles. The van der Waals surface area contributed by atoms with E-state index in [-0.39, 0.29) is 24.9 Å². The lowest BCUT2D eigenvalue weighted by atomic mass is 9.77. The van der Waals surface area contributed by atoms with E-state index in [2.05, 4.69) is 15.6 Å². The first kappa shape index (κ1) is 13.3. The van der Waals surface area contributed by atoms with Crippen LogP contribution in [0.4, 0.5) is 0 Å². The number of nitrogens with zero attached hydrogens (tertiary/aromatic N) is 3. The van der Waals surface area contributed by atoms with Crippen molar-refractivity contribution >= 4 is 11.9 Å². The van der Waals surface area contributed by atoms with Crippen LogP contribution in [0.3, 0.4) is 0 Å². The summed E-state index contributed by atoms with van der Waals surface area (Å²) in [5, 5.41) is 19.0. The average molecular weight is 286 g/mol. The first-order valence-electron chi connectivity index (χ1n) is 6.60. The first-order valence-corrected chi connectivity index (χ1v) is 6.60. The molecule has 7 nitrogen and oxygen atoms in total. The standard InChI is InChI=1S/C14H14N4O3/c19-13(20)8-18-7-10(16-17-18)6-15-14(21)12-5-9-3-1-2-4-11(9)12/h1-4,7,12H,5-6,8H2,(H,15,21)(H,19,20). The van der Waals surface area contributed by atoms with Crippen LogP contribution in [0.5, 0.6) is 0 Å². The third-order valence-electron chi connectivity index (χ3n) is 3.50. The van der Waals surface area contributed by atoms with E-state index in [1.165, 1.54) is 16.4 Å². The van der Waals surface area contributed by atoms with E-state index in [0.717, 1.165) is 12.0 Å². The molecule has 1 amide bonds. The fraction of sp³-hybridized carbons (Fsp3) is 0.286. The maximum Gasteiger partial charge on any atom is 0.325 e. The average Bonchev–Trinajstić information content (AvgIpc) is 2.84. The van der Waals surface area contributed by atoms with Gasteiger partial charge in [0.1, 0.15) is 12.2 Å². The zero-order chi connectivity index (χ0) is 14.8. The molecule has 0 fully saturated rings. The molecule has 1 aliphatic rings. The quantitative estimate of drug-likeness (QED) is 0.825. The summed E-state index contributed by atoms with van der Waals surface area (Å²) in [6, 6.07) is 7.88. The Morgan fingerprint density at radius 1 is 1.38 bits per heavy atom. The van der Waals surface area contributed by atoms with Gasteiger partial charge in [-0.05, 0) is 17.5 Å². The van der Waals surface area contributed by atoms with Crippen molar-refractivity contribution in [2.45, 2.75) is 25.4 Å². The van der Waals surface area contributed by atoms with Crippen molar-refractivity contribution in [2.24, 2.45) is 0 Å². The molecule has 108 valence electrons. The highest BCUT2D eigenvalue weighted by Gasteiger charge is 2.31. The van der Waals surface area contributed by atoms with Crippen molar-refractivity contribution in [1.82, 2.24) is 20.3 Å². The molecule has 2 N–H and O–H groups in total. The highest BCUT2D eigenvalue weighted by molar-refractivity contribution is 5.86. The minimum atomic E-state index is -0.985. The molecule has 0 bridgehead atoms. The molecular formula is C14H14N4O3. The summed E-state index contributed by atoms with van der Waals surface area (Å²) >= 11 is 0. The molecule has 0 aliphatic heterocycles. The van der Waals surface area contributed by atoms with Crippen molar-refractivity contribution in [3.05, 3.63) is 47.3 Å². The Bertz CT molecular complexity index is 695. The minimum absolute atomic E-state index is 0.0403. The van der Waals surface area contributed by atoms with Crippen molar-refractivity contribution in [3.63, 3.8) is 0 Å². The maximum absolute atomic E-state index is 12.1. The number of hydrogen-bond acceptors (Lipinski definition) is 4. The van der Waals surface area contributed by atoms with Crippen LogP contribution in [0.15, 0.2) is 30.5 Å². The largest absolute Gasteiger partial charge is 0.480 e. The number of carboxylic acids is 1. The Morgan fingerprint density at radius 2 is 2.19 bits per heavy atom. The Labute approximate surface area is 120 Å². The van der Waals surface area contributed by atoms with Gasteiger partial charge >= 0.3 is 5.97 Å². The smallest absolute Gasteiger partial charge is 0.325 e. The summed E-state index contributed by atoms with van der Waals surface area (Å²) < 4.78 is 1.22. The Kier molecular flexibility index (Phi) is 3.39. The van der Waals surface area contributed by atoms with Crippen molar-refractivity contribution in [2.75, 3.05) is 0 Å². The fourth-order valence-corrected chi connectivity index (χ4v) is 2.43. The first-order chi connectivity index (χ1) is 10.1. The third kappa shape index (κ3) is 2.76. The number of fused-ring (bicyclic) bond motifs is 1. The molecule has 0 radical (unpaired) electrons. The number of amides is 1. The minimum Gasteiger partial charge on any atom is -0.480 e. The number of aliphatic carboxylic acids is 1. The van der Waals surface area contributed by atoms with Gasteiger partial charge in [0.2, 0.25) is 5.91 Å². The lowest BCUT2D eigenvalue weighted by Gasteiger charge is -2.28. The van der Waals surface area contributed by atoms with E-state index < -0.39 is 5.97 Å². The topological polar surface area (TPSA) is 97.1 Å². The van der Waals surface area contributed by atoms with Gasteiger partial charge in [0.05, 0.1) is 18.7 Å². The fourth-order valence-electron chi connectivity index (χ4n) is 2.43. The summed E-state index contributed by atoms with van der Waals surface area (Å²) in [5.41, 5.74) is 2.83. The van der Waals surface area contributed by atoms with Gasteiger partial charge in [-0.2, -0.15) is 0 Å². The molecule has 1 aromatic heterocycles. The van der Waals surface area contributed by atoms with Gasteiger partial charge < -0.3 is 10.4 Å². The summed E-state index contributed by atoms with van der Waals surface area (Å²) in [7, 11) is 0. The van der Waals surface area contributed by atoms with Gasteiger partial charge in [-0.3, -0.25) is 9.59 Å². The Hall–Kier alpha value is -2.70. The van der Waals surface area contributed by atoms with Crippen LogP contribution >= 0.6 is 0 Å². The zero-order valence-electron chi connectivity index (χ0n) is 11.2. The summed E-state index contributed by atoms with van der Waals surface area (Å²) in [6.07, 6.45) is 2.27. The number of rotatable bonds is 5. The molecule has 3 rings (SSSR count). The van der Waals surface area contributed by atoms with Gasteiger partial charge in [-0.15, -0.1) is 5.10 Å². The molecular weight excluding hydrogens is 272 g/mol. The van der Waals surface area contributed by atoms with Crippen LogP contribution in [0.1, 0.15) is 22.7 Å². The lowest BCUT2D eigenvalue weighted by Crippen LogP contribution is -2.35. The molecule has 1 aromatic carbocycles. The second-order valence-electron chi connectivity index (χ2n) is 4.97. The van der Waals surface area contributed by atoms with Crippen LogP contribution in [0.25, 0.3) is 0 Å². The van der Waals surface area contributed by atoms with Gasteiger partial charge in [-0.1, -0.05) is 29.5 Å². The summed E-state index contributed by atoms with van der Waals surface area (Å²) in [4.78, 5) is 22.6. The molecule has 1 heterocycles. The Balaban J connectivity index is 1.55. The zero-order valence-corrected chi connectivity index (χ0v) is 11.2. The predicted octanol–water partition coefficient (Wildman–Crippen LogP) is 0.319. The third-order valence-corrected chi connectivity index (χ3v) is 3.50. The molecule has 1 unspecified atom stereocenters. The highest BCUT2D eigenvalue weighted by Crippen LogP contribution is 2.34. The molecule has 21 heavy (non-hydrogen) atoms. The second kappa shape index (κ2) is 5.35. The molecule has 7 heteroatoms. The highest BCUT2D eigenvalue weighted by atomic mass is 16.4. The second-order valence-corrected chi connectivity index (χ2v) is 4.97. The number of aromatic nitrogens is 3. The van der Waals surface area contributed by atoms with E-state index in [0.29, 0.717) is 5.69 Å². The van der Waals surface area contributed by atoms with Crippen molar-refractivity contribution < 1.29 is 14.7 Å². The van der Waals surface area contributed by atoms with E-state index >= 15 is 0 Å². The molecule has 0 spiro atoms. The maximum atomic E-state index is 12.1. The molecule has 0 saturated heterocycles. The van der Waals surface area contributed by atoms with Gasteiger partial charge in [-0.25, -0.2) is 4.68 Å². The Morgan fingerprint density at radius 3 is 2.95 bits per heavy atom.